The SMILES string of the molecule is COc1cccc(C(C)(C)CNC[C@]2(O)CN(S(=O)(=O)c3ccccc3)C[C@H]2O)c1. The van der Waals surface area contributed by atoms with Gasteiger partial charge in [0.2, 0.25) is 10.0 Å². The molecule has 1 aliphatic rings. The molecule has 0 bridgehead atoms. The topological polar surface area (TPSA) is 99.1 Å². The molecule has 1 heterocycles. The van der Waals surface area contributed by atoms with Crippen LogP contribution in [0.1, 0.15) is 19.4 Å². The summed E-state index contributed by atoms with van der Waals surface area (Å²) in [6, 6.07) is 15.8. The van der Waals surface area contributed by atoms with Gasteiger partial charge < -0.3 is 20.3 Å². The molecule has 0 spiro atoms. The maximum Gasteiger partial charge on any atom is 0.243 e. The highest BCUT2D eigenvalue weighted by Crippen LogP contribution is 2.29. The number of methoxy groups -OCH3 is 1. The number of sulfonamides is 1. The number of ether oxygens (including phenoxy) is 1. The van der Waals surface area contributed by atoms with Gasteiger partial charge in [-0.3, -0.25) is 0 Å². The summed E-state index contributed by atoms with van der Waals surface area (Å²) in [5, 5.41) is 24.6. The number of benzene rings is 2. The smallest absolute Gasteiger partial charge is 0.243 e. The fourth-order valence-corrected chi connectivity index (χ4v) is 5.20. The summed E-state index contributed by atoms with van der Waals surface area (Å²) in [7, 11) is -2.15. The molecule has 2 aromatic carbocycles. The summed E-state index contributed by atoms with van der Waals surface area (Å²) >= 11 is 0. The van der Waals surface area contributed by atoms with Crippen LogP contribution in [0.15, 0.2) is 59.5 Å². The number of nitrogens with zero attached hydrogens (tertiary/aromatic N) is 1. The van der Waals surface area contributed by atoms with E-state index in [0.29, 0.717) is 6.54 Å². The minimum atomic E-state index is -3.78. The first-order chi connectivity index (χ1) is 14.1. The maximum absolute atomic E-state index is 12.8. The molecular weight excluding hydrogens is 404 g/mol. The Morgan fingerprint density at radius 3 is 2.57 bits per heavy atom. The Balaban J connectivity index is 1.65. The van der Waals surface area contributed by atoms with Crippen molar-refractivity contribution in [2.75, 3.05) is 33.3 Å². The molecule has 3 N–H and O–H groups in total. The van der Waals surface area contributed by atoms with Crippen LogP contribution in [-0.2, 0) is 15.4 Å². The third-order valence-corrected chi connectivity index (χ3v) is 7.50. The van der Waals surface area contributed by atoms with E-state index in [9.17, 15) is 18.6 Å². The van der Waals surface area contributed by atoms with Crippen LogP contribution in [0, 0.1) is 0 Å². The van der Waals surface area contributed by atoms with Crippen molar-refractivity contribution >= 4 is 10.0 Å². The lowest BCUT2D eigenvalue weighted by Crippen LogP contribution is -2.52. The van der Waals surface area contributed by atoms with E-state index in [4.69, 9.17) is 4.74 Å². The Kier molecular flexibility index (Phi) is 6.54. The minimum Gasteiger partial charge on any atom is -0.497 e. The molecule has 0 radical (unpaired) electrons. The number of aliphatic hydroxyl groups excluding tert-OH is 1. The first kappa shape index (κ1) is 22.7. The predicted molar refractivity (Wildman–Crippen MR) is 115 cm³/mol. The summed E-state index contributed by atoms with van der Waals surface area (Å²) in [4.78, 5) is 0.147. The molecule has 3 rings (SSSR count). The first-order valence-corrected chi connectivity index (χ1v) is 11.3. The zero-order valence-electron chi connectivity index (χ0n) is 17.6. The van der Waals surface area contributed by atoms with Crippen molar-refractivity contribution in [3.05, 3.63) is 60.2 Å². The third kappa shape index (κ3) is 4.68. The molecule has 2 aromatic rings. The van der Waals surface area contributed by atoms with Crippen molar-refractivity contribution in [1.29, 1.82) is 0 Å². The normalized spacial score (nSPS) is 22.9. The molecule has 0 aromatic heterocycles. The van der Waals surface area contributed by atoms with Crippen LogP contribution in [0.5, 0.6) is 5.75 Å². The van der Waals surface area contributed by atoms with E-state index in [1.54, 1.807) is 25.3 Å². The molecule has 164 valence electrons. The van der Waals surface area contributed by atoms with Gasteiger partial charge in [-0.1, -0.05) is 44.2 Å². The average molecular weight is 435 g/mol. The summed E-state index contributed by atoms with van der Waals surface area (Å²) < 4.78 is 32.1. The van der Waals surface area contributed by atoms with Gasteiger partial charge in [0.05, 0.1) is 18.1 Å². The summed E-state index contributed by atoms with van der Waals surface area (Å²) in [5.41, 5.74) is -0.752. The van der Waals surface area contributed by atoms with Gasteiger partial charge >= 0.3 is 0 Å². The molecule has 30 heavy (non-hydrogen) atoms. The second kappa shape index (κ2) is 8.64. The molecule has 0 amide bonds. The number of hydrogen-bond acceptors (Lipinski definition) is 6. The largest absolute Gasteiger partial charge is 0.497 e. The van der Waals surface area contributed by atoms with Crippen molar-refractivity contribution in [2.45, 2.75) is 35.9 Å². The fraction of sp³-hybridized carbons (Fsp3) is 0.455. The van der Waals surface area contributed by atoms with E-state index in [0.717, 1.165) is 15.6 Å². The monoisotopic (exact) mass is 434 g/mol. The van der Waals surface area contributed by atoms with Crippen molar-refractivity contribution in [3.63, 3.8) is 0 Å². The quantitative estimate of drug-likeness (QED) is 0.580. The summed E-state index contributed by atoms with van der Waals surface area (Å²) in [6.45, 7) is 4.42. The van der Waals surface area contributed by atoms with E-state index in [2.05, 4.69) is 19.2 Å². The van der Waals surface area contributed by atoms with E-state index < -0.39 is 21.7 Å². The Bertz CT molecular complexity index is 965. The second-order valence-electron chi connectivity index (χ2n) is 8.45. The molecule has 0 aliphatic carbocycles. The van der Waals surface area contributed by atoms with Crippen LogP contribution < -0.4 is 10.1 Å². The Morgan fingerprint density at radius 1 is 1.20 bits per heavy atom. The van der Waals surface area contributed by atoms with E-state index in [-0.39, 0.29) is 29.9 Å². The highest BCUT2D eigenvalue weighted by molar-refractivity contribution is 7.89. The number of rotatable bonds is 8. The number of β-amino-alcohol motifs (C(OH)–C–C–N with tert-alkyl or cyclic N) is 2. The van der Waals surface area contributed by atoms with Crippen LogP contribution in [0.3, 0.4) is 0 Å². The van der Waals surface area contributed by atoms with Crippen LogP contribution in [-0.4, -0.2) is 67.9 Å². The van der Waals surface area contributed by atoms with Gasteiger partial charge in [0.15, 0.2) is 0 Å². The lowest BCUT2D eigenvalue weighted by atomic mass is 9.84. The van der Waals surface area contributed by atoms with Gasteiger partial charge in [0, 0.05) is 31.6 Å². The van der Waals surface area contributed by atoms with Gasteiger partial charge in [-0.15, -0.1) is 0 Å². The van der Waals surface area contributed by atoms with Crippen LogP contribution >= 0.6 is 0 Å². The molecule has 1 fully saturated rings. The van der Waals surface area contributed by atoms with E-state index >= 15 is 0 Å². The average Bonchev–Trinajstić information content (AvgIpc) is 3.04. The Labute approximate surface area is 178 Å². The second-order valence-corrected chi connectivity index (χ2v) is 10.4. The zero-order valence-corrected chi connectivity index (χ0v) is 18.4. The van der Waals surface area contributed by atoms with Gasteiger partial charge in [-0.2, -0.15) is 4.31 Å². The predicted octanol–water partition coefficient (Wildman–Crippen LogP) is 1.36. The van der Waals surface area contributed by atoms with E-state index in [1.165, 1.54) is 12.1 Å². The van der Waals surface area contributed by atoms with Crippen molar-refractivity contribution in [3.8, 4) is 5.75 Å². The van der Waals surface area contributed by atoms with Crippen LogP contribution in [0.4, 0.5) is 0 Å². The fourth-order valence-electron chi connectivity index (χ4n) is 3.67. The maximum atomic E-state index is 12.8. The number of hydrogen-bond donors (Lipinski definition) is 3. The van der Waals surface area contributed by atoms with Crippen LogP contribution in [0.25, 0.3) is 0 Å². The van der Waals surface area contributed by atoms with Crippen molar-refractivity contribution in [1.82, 2.24) is 9.62 Å². The first-order valence-electron chi connectivity index (χ1n) is 9.89. The highest BCUT2D eigenvalue weighted by Gasteiger charge is 2.48. The highest BCUT2D eigenvalue weighted by atomic mass is 32.2. The molecule has 1 aliphatic heterocycles. The molecule has 2 atom stereocenters. The Hall–Kier alpha value is -1.97. The zero-order chi connectivity index (χ0) is 22.0. The van der Waals surface area contributed by atoms with Gasteiger partial charge in [-0.05, 0) is 29.8 Å². The van der Waals surface area contributed by atoms with E-state index in [1.807, 2.05) is 24.3 Å². The summed E-state index contributed by atoms with van der Waals surface area (Å²) in [5.74, 6) is 0.771. The van der Waals surface area contributed by atoms with Gasteiger partial charge in [0.1, 0.15) is 11.4 Å². The van der Waals surface area contributed by atoms with Gasteiger partial charge in [0.25, 0.3) is 0 Å². The molecule has 0 saturated carbocycles. The Morgan fingerprint density at radius 2 is 1.90 bits per heavy atom. The lowest BCUT2D eigenvalue weighted by Gasteiger charge is -2.30. The summed E-state index contributed by atoms with van der Waals surface area (Å²) in [6.07, 6.45) is -1.18. The minimum absolute atomic E-state index is 0.0718. The van der Waals surface area contributed by atoms with Crippen molar-refractivity contribution < 1.29 is 23.4 Å². The number of nitrogens with one attached hydrogen (secondary N) is 1. The molecule has 7 nitrogen and oxygen atoms in total. The molecular formula is C22H30N2O5S. The van der Waals surface area contributed by atoms with Gasteiger partial charge in [-0.25, -0.2) is 8.42 Å². The molecule has 8 heteroatoms. The standard InChI is InChI=1S/C22H30N2O5S/c1-21(2,17-8-7-9-18(12-17)29-3)14-23-15-22(26)16-24(13-20(22)25)30(27,28)19-10-5-4-6-11-19/h4-12,20,23,25-26H,13-16H2,1-3H3/t20-,22+/m1/s1. The third-order valence-electron chi connectivity index (χ3n) is 5.68. The van der Waals surface area contributed by atoms with Crippen LogP contribution in [0.2, 0.25) is 0 Å². The molecule has 0 unspecified atom stereocenters. The molecule has 1 saturated heterocycles. The lowest BCUT2D eigenvalue weighted by molar-refractivity contribution is -0.0387. The van der Waals surface area contributed by atoms with Crippen molar-refractivity contribution in [2.24, 2.45) is 0 Å². The number of aliphatic hydroxyl groups is 2.